The van der Waals surface area contributed by atoms with Gasteiger partial charge in [0.2, 0.25) is 6.29 Å². The predicted octanol–water partition coefficient (Wildman–Crippen LogP) is 2.99. The van der Waals surface area contributed by atoms with Crippen LogP contribution in [0.3, 0.4) is 0 Å². The normalized spacial score (nSPS) is 12.7. The lowest BCUT2D eigenvalue weighted by Crippen LogP contribution is -2.06. The van der Waals surface area contributed by atoms with E-state index in [9.17, 15) is 9.90 Å². The molecule has 0 aromatic heterocycles. The van der Waals surface area contributed by atoms with Gasteiger partial charge in [0.15, 0.2) is 0 Å². The maximum Gasteiger partial charge on any atom is 0.201 e. The van der Waals surface area contributed by atoms with E-state index in [4.69, 9.17) is 0 Å². The summed E-state index contributed by atoms with van der Waals surface area (Å²) >= 11 is 0. The van der Waals surface area contributed by atoms with Crippen molar-refractivity contribution in [2.45, 2.75) is 70.8 Å². The van der Waals surface area contributed by atoms with Crippen molar-refractivity contribution in [1.82, 2.24) is 0 Å². The summed E-state index contributed by atoms with van der Waals surface area (Å²) < 4.78 is 0. The van der Waals surface area contributed by atoms with Crippen LogP contribution in [-0.2, 0) is 4.79 Å². The van der Waals surface area contributed by atoms with E-state index in [1.54, 1.807) is 6.29 Å². The SMILES string of the molecule is CCCCCCCCC[C@@H](O)C[C]=O. The van der Waals surface area contributed by atoms with Gasteiger partial charge in [-0.15, -0.1) is 0 Å². The summed E-state index contributed by atoms with van der Waals surface area (Å²) in [7, 11) is 0. The van der Waals surface area contributed by atoms with Crippen LogP contribution < -0.4 is 0 Å². The van der Waals surface area contributed by atoms with Crippen LogP contribution in [0.25, 0.3) is 0 Å². The lowest BCUT2D eigenvalue weighted by Gasteiger charge is -2.05. The third kappa shape index (κ3) is 9.72. The third-order valence-electron chi connectivity index (χ3n) is 2.46. The minimum absolute atomic E-state index is 0.176. The lowest BCUT2D eigenvalue weighted by atomic mass is 10.1. The largest absolute Gasteiger partial charge is 0.393 e. The van der Waals surface area contributed by atoms with Crippen LogP contribution in [0.4, 0.5) is 0 Å². The van der Waals surface area contributed by atoms with E-state index in [1.807, 2.05) is 0 Å². The zero-order chi connectivity index (χ0) is 10.6. The van der Waals surface area contributed by atoms with Gasteiger partial charge in [-0.05, 0) is 6.42 Å². The third-order valence-corrected chi connectivity index (χ3v) is 2.46. The van der Waals surface area contributed by atoms with Crippen LogP contribution in [0.5, 0.6) is 0 Å². The van der Waals surface area contributed by atoms with Crippen molar-refractivity contribution < 1.29 is 9.90 Å². The number of rotatable bonds is 10. The fourth-order valence-electron chi connectivity index (χ4n) is 1.54. The molecule has 1 atom stereocenters. The number of aliphatic hydroxyl groups is 1. The van der Waals surface area contributed by atoms with E-state index in [2.05, 4.69) is 6.92 Å². The number of aliphatic hydroxyl groups excluding tert-OH is 1. The monoisotopic (exact) mass is 199 g/mol. The van der Waals surface area contributed by atoms with Crippen molar-refractivity contribution in [1.29, 1.82) is 0 Å². The first kappa shape index (κ1) is 13.6. The van der Waals surface area contributed by atoms with Crippen LogP contribution >= 0.6 is 0 Å². The minimum atomic E-state index is -0.455. The van der Waals surface area contributed by atoms with Crippen LogP contribution in [0.1, 0.15) is 64.7 Å². The van der Waals surface area contributed by atoms with Gasteiger partial charge in [-0.3, -0.25) is 4.79 Å². The maximum atomic E-state index is 9.94. The highest BCUT2D eigenvalue weighted by atomic mass is 16.3. The van der Waals surface area contributed by atoms with E-state index < -0.39 is 6.10 Å². The molecule has 0 aliphatic carbocycles. The van der Waals surface area contributed by atoms with Crippen molar-refractivity contribution in [3.05, 3.63) is 0 Å². The van der Waals surface area contributed by atoms with E-state index in [0.29, 0.717) is 0 Å². The molecular formula is C12H23O2. The van der Waals surface area contributed by atoms with Gasteiger partial charge < -0.3 is 5.11 Å². The average molecular weight is 199 g/mol. The Morgan fingerprint density at radius 3 is 2.21 bits per heavy atom. The molecule has 0 saturated carbocycles. The molecule has 14 heavy (non-hydrogen) atoms. The van der Waals surface area contributed by atoms with Gasteiger partial charge in [0.05, 0.1) is 6.10 Å². The van der Waals surface area contributed by atoms with Crippen LogP contribution in [0.15, 0.2) is 0 Å². The summed E-state index contributed by atoms with van der Waals surface area (Å²) in [5.41, 5.74) is 0. The Hall–Kier alpha value is -0.370. The zero-order valence-corrected chi connectivity index (χ0v) is 9.30. The second-order valence-corrected chi connectivity index (χ2v) is 3.91. The first-order valence-electron chi connectivity index (χ1n) is 5.84. The number of hydrogen-bond acceptors (Lipinski definition) is 2. The smallest absolute Gasteiger partial charge is 0.201 e. The highest BCUT2D eigenvalue weighted by Crippen LogP contribution is 2.10. The van der Waals surface area contributed by atoms with Gasteiger partial charge in [0, 0.05) is 6.42 Å². The highest BCUT2D eigenvalue weighted by molar-refractivity contribution is 5.51. The molecule has 0 aromatic carbocycles. The maximum absolute atomic E-state index is 9.94. The quantitative estimate of drug-likeness (QED) is 0.549. The van der Waals surface area contributed by atoms with Gasteiger partial charge >= 0.3 is 0 Å². The molecule has 0 fully saturated rings. The average Bonchev–Trinajstić information content (AvgIpc) is 2.17. The minimum Gasteiger partial charge on any atom is -0.393 e. The predicted molar refractivity (Wildman–Crippen MR) is 58.9 cm³/mol. The fraction of sp³-hybridized carbons (Fsp3) is 0.917. The van der Waals surface area contributed by atoms with Gasteiger partial charge in [0.1, 0.15) is 0 Å². The molecule has 1 radical (unpaired) electrons. The second kappa shape index (κ2) is 10.7. The molecule has 0 rings (SSSR count). The second-order valence-electron chi connectivity index (χ2n) is 3.91. The van der Waals surface area contributed by atoms with Crippen LogP contribution in [-0.4, -0.2) is 17.5 Å². The summed E-state index contributed by atoms with van der Waals surface area (Å²) in [5.74, 6) is 0. The molecular weight excluding hydrogens is 176 g/mol. The zero-order valence-electron chi connectivity index (χ0n) is 9.30. The topological polar surface area (TPSA) is 37.3 Å². The molecule has 0 saturated heterocycles. The Balaban J connectivity index is 3.01. The van der Waals surface area contributed by atoms with Crippen LogP contribution in [0, 0.1) is 0 Å². The molecule has 2 nitrogen and oxygen atoms in total. The van der Waals surface area contributed by atoms with Crippen molar-refractivity contribution in [2.24, 2.45) is 0 Å². The first-order valence-corrected chi connectivity index (χ1v) is 5.84. The molecule has 0 aliphatic heterocycles. The van der Waals surface area contributed by atoms with E-state index in [-0.39, 0.29) is 6.42 Å². The molecule has 0 bridgehead atoms. The van der Waals surface area contributed by atoms with Crippen molar-refractivity contribution in [3.63, 3.8) is 0 Å². The molecule has 0 amide bonds. The van der Waals surface area contributed by atoms with Crippen LogP contribution in [0.2, 0.25) is 0 Å². The summed E-state index contributed by atoms with van der Waals surface area (Å²) in [5, 5.41) is 9.23. The van der Waals surface area contributed by atoms with Gasteiger partial charge in [0.25, 0.3) is 0 Å². The summed E-state index contributed by atoms with van der Waals surface area (Å²) in [6.07, 6.45) is 11.0. The fourth-order valence-corrected chi connectivity index (χ4v) is 1.54. The Morgan fingerprint density at radius 1 is 1.07 bits per heavy atom. The summed E-state index contributed by atoms with van der Waals surface area (Å²) in [6.45, 7) is 2.21. The number of hydrogen-bond donors (Lipinski definition) is 1. The standard InChI is InChI=1S/C12H23O2/c1-2-3-4-5-6-7-8-9-12(14)10-11-13/h12,14H,2-10H2,1H3/t12-/m1/s1. The molecule has 83 valence electrons. The number of unbranched alkanes of at least 4 members (excludes halogenated alkanes) is 6. The van der Waals surface area contributed by atoms with E-state index >= 15 is 0 Å². The molecule has 1 N–H and O–H groups in total. The molecule has 0 aliphatic rings. The molecule has 0 spiro atoms. The van der Waals surface area contributed by atoms with Crippen molar-refractivity contribution in [2.75, 3.05) is 0 Å². The Kier molecular flexibility index (Phi) is 10.4. The molecule has 0 heterocycles. The molecule has 2 heteroatoms. The van der Waals surface area contributed by atoms with Crippen molar-refractivity contribution >= 4 is 6.29 Å². The molecule has 0 unspecified atom stereocenters. The Labute approximate surface area is 87.7 Å². The molecule has 0 aromatic rings. The van der Waals surface area contributed by atoms with Gasteiger partial charge in [-0.2, -0.15) is 0 Å². The summed E-state index contributed by atoms with van der Waals surface area (Å²) in [4.78, 5) is 9.94. The summed E-state index contributed by atoms with van der Waals surface area (Å²) in [6, 6.07) is 0. The Bertz CT molecular complexity index is 123. The lowest BCUT2D eigenvalue weighted by molar-refractivity contribution is 0.167. The van der Waals surface area contributed by atoms with E-state index in [1.165, 1.54) is 38.5 Å². The first-order chi connectivity index (χ1) is 6.81. The highest BCUT2D eigenvalue weighted by Gasteiger charge is 2.02. The Morgan fingerprint density at radius 2 is 1.64 bits per heavy atom. The van der Waals surface area contributed by atoms with E-state index in [0.717, 1.165) is 12.8 Å². The van der Waals surface area contributed by atoms with Crippen molar-refractivity contribution in [3.8, 4) is 0 Å². The van der Waals surface area contributed by atoms with Gasteiger partial charge in [-0.1, -0.05) is 51.9 Å². The van der Waals surface area contributed by atoms with Gasteiger partial charge in [-0.25, -0.2) is 0 Å². The number of carbonyl (C=O) groups excluding carboxylic acids is 1.